The number of rotatable bonds is 2. The zero-order chi connectivity index (χ0) is 18.1. The van der Waals surface area contributed by atoms with Gasteiger partial charge >= 0.3 is 0 Å². The van der Waals surface area contributed by atoms with Gasteiger partial charge in [0.2, 0.25) is 5.91 Å². The Balaban J connectivity index is 1.65. The molecule has 0 aliphatic carbocycles. The molecule has 1 atom stereocenters. The van der Waals surface area contributed by atoms with E-state index in [1.165, 1.54) is 6.07 Å². The van der Waals surface area contributed by atoms with Gasteiger partial charge in [-0.2, -0.15) is 0 Å². The lowest BCUT2D eigenvalue weighted by atomic mass is 10.1. The number of para-hydroxylation sites is 1. The number of amides is 2. The number of carbonyl (C=O) groups excluding carboxylic acids is 2. The third-order valence-electron chi connectivity index (χ3n) is 5.17. The van der Waals surface area contributed by atoms with Gasteiger partial charge in [0.15, 0.2) is 5.43 Å². The van der Waals surface area contributed by atoms with Crippen molar-refractivity contribution in [3.05, 3.63) is 46.2 Å². The van der Waals surface area contributed by atoms with Gasteiger partial charge in [0.25, 0.3) is 5.91 Å². The van der Waals surface area contributed by atoms with E-state index in [1.807, 2.05) is 11.0 Å². The Bertz CT molecular complexity index is 901. The van der Waals surface area contributed by atoms with Crippen LogP contribution in [0.1, 0.15) is 23.3 Å². The Hall–Kier alpha value is -2.67. The number of hydrogen-bond donors (Lipinski definition) is 2. The second kappa shape index (κ2) is 6.92. The molecule has 2 aromatic rings. The summed E-state index contributed by atoms with van der Waals surface area (Å²) in [5.74, 6) is -0.307. The number of carbonyl (C=O) groups is 2. The maximum absolute atomic E-state index is 13.1. The van der Waals surface area contributed by atoms with Gasteiger partial charge in [0.1, 0.15) is 11.7 Å². The summed E-state index contributed by atoms with van der Waals surface area (Å²) < 4.78 is 0. The highest BCUT2D eigenvalue weighted by Crippen LogP contribution is 2.16. The molecule has 0 unspecified atom stereocenters. The van der Waals surface area contributed by atoms with Crippen molar-refractivity contribution in [1.82, 2.24) is 20.1 Å². The van der Waals surface area contributed by atoms with Crippen LogP contribution in [0.5, 0.6) is 0 Å². The van der Waals surface area contributed by atoms with E-state index in [0.717, 1.165) is 25.9 Å². The fourth-order valence-electron chi connectivity index (χ4n) is 3.78. The van der Waals surface area contributed by atoms with Crippen molar-refractivity contribution >= 4 is 22.7 Å². The number of nitrogens with one attached hydrogen (secondary N) is 2. The van der Waals surface area contributed by atoms with Crippen molar-refractivity contribution in [2.24, 2.45) is 0 Å². The molecule has 3 heterocycles. The summed E-state index contributed by atoms with van der Waals surface area (Å²) in [6.07, 6.45) is 2.02. The summed E-state index contributed by atoms with van der Waals surface area (Å²) in [5, 5.41) is 3.75. The van der Waals surface area contributed by atoms with Crippen LogP contribution in [0, 0.1) is 0 Å². The number of H-pyrrole nitrogens is 1. The third-order valence-corrected chi connectivity index (χ3v) is 5.17. The van der Waals surface area contributed by atoms with Gasteiger partial charge in [-0.3, -0.25) is 14.4 Å². The molecule has 136 valence electrons. The number of nitrogens with zero attached hydrogens (tertiary/aromatic N) is 2. The predicted octanol–water partition coefficient (Wildman–Crippen LogP) is 0.565. The van der Waals surface area contributed by atoms with Crippen molar-refractivity contribution < 1.29 is 9.59 Å². The summed E-state index contributed by atoms with van der Waals surface area (Å²) in [7, 11) is 0. The summed E-state index contributed by atoms with van der Waals surface area (Å²) in [6.45, 7) is 3.03. The number of benzene rings is 1. The minimum Gasteiger partial charge on any atom is -0.350 e. The summed E-state index contributed by atoms with van der Waals surface area (Å²) >= 11 is 0. The van der Waals surface area contributed by atoms with Gasteiger partial charge in [-0.05, 0) is 25.0 Å². The average Bonchev–Trinajstić information content (AvgIpc) is 3.21. The molecule has 2 fully saturated rings. The molecule has 7 nitrogen and oxygen atoms in total. The van der Waals surface area contributed by atoms with Crippen LogP contribution in [-0.2, 0) is 4.79 Å². The monoisotopic (exact) mass is 354 g/mol. The standard InChI is InChI=1S/C19H22N4O3/c24-17-11-15(21-14-6-2-1-5-13(14)17)18(25)23-10-7-20-12-16(23)19(26)22-8-3-4-9-22/h1-2,5-6,11,16,20H,3-4,7-10,12H2,(H,21,24)/t16-/m1/s1. The highest BCUT2D eigenvalue weighted by molar-refractivity contribution is 5.98. The fraction of sp³-hybridized carbons (Fsp3) is 0.421. The lowest BCUT2D eigenvalue weighted by molar-refractivity contribution is -0.135. The highest BCUT2D eigenvalue weighted by atomic mass is 16.2. The molecule has 2 aliphatic heterocycles. The van der Waals surface area contributed by atoms with E-state index in [-0.39, 0.29) is 22.9 Å². The largest absolute Gasteiger partial charge is 0.350 e. The van der Waals surface area contributed by atoms with Crippen LogP contribution in [0.15, 0.2) is 35.1 Å². The van der Waals surface area contributed by atoms with Crippen LogP contribution in [0.4, 0.5) is 0 Å². The fourth-order valence-corrected chi connectivity index (χ4v) is 3.78. The molecule has 1 aromatic heterocycles. The van der Waals surface area contributed by atoms with Gasteiger partial charge in [-0.25, -0.2) is 0 Å². The minimum atomic E-state index is -0.524. The number of pyridine rings is 1. The number of likely N-dealkylation sites (tertiary alicyclic amines) is 1. The first kappa shape index (κ1) is 16.8. The molecule has 7 heteroatoms. The van der Waals surface area contributed by atoms with Crippen LogP contribution in [0.25, 0.3) is 10.9 Å². The Kier molecular flexibility index (Phi) is 4.46. The van der Waals surface area contributed by atoms with Crippen LogP contribution in [-0.4, -0.2) is 65.4 Å². The van der Waals surface area contributed by atoms with Crippen molar-refractivity contribution in [3.63, 3.8) is 0 Å². The molecule has 0 saturated carbocycles. The topological polar surface area (TPSA) is 85.5 Å². The lowest BCUT2D eigenvalue weighted by Crippen LogP contribution is -2.60. The van der Waals surface area contributed by atoms with E-state index < -0.39 is 6.04 Å². The van der Waals surface area contributed by atoms with Crippen molar-refractivity contribution in [3.8, 4) is 0 Å². The highest BCUT2D eigenvalue weighted by Gasteiger charge is 2.36. The Morgan fingerprint density at radius 2 is 1.85 bits per heavy atom. The lowest BCUT2D eigenvalue weighted by Gasteiger charge is -2.37. The van der Waals surface area contributed by atoms with Gasteiger partial charge in [0.05, 0.1) is 0 Å². The first-order chi connectivity index (χ1) is 12.6. The summed E-state index contributed by atoms with van der Waals surface area (Å²) in [6, 6.07) is 7.93. The maximum Gasteiger partial charge on any atom is 0.271 e. The molecule has 0 spiro atoms. The number of aromatic nitrogens is 1. The van der Waals surface area contributed by atoms with E-state index >= 15 is 0 Å². The Morgan fingerprint density at radius 1 is 1.08 bits per heavy atom. The first-order valence-corrected chi connectivity index (χ1v) is 9.08. The predicted molar refractivity (Wildman–Crippen MR) is 98.1 cm³/mol. The number of piperazine rings is 1. The van der Waals surface area contributed by atoms with E-state index in [0.29, 0.717) is 30.5 Å². The van der Waals surface area contributed by atoms with Crippen LogP contribution in [0.3, 0.4) is 0 Å². The number of aromatic amines is 1. The molecule has 0 radical (unpaired) electrons. The SMILES string of the molecule is O=C([C@H]1CNCCN1C(=O)c1cc(=O)c2ccccc2[nH]1)N1CCCC1. The third kappa shape index (κ3) is 2.99. The summed E-state index contributed by atoms with van der Waals surface area (Å²) in [4.78, 5) is 44.7. The maximum atomic E-state index is 13.1. The molecule has 2 amide bonds. The first-order valence-electron chi connectivity index (χ1n) is 9.08. The molecule has 26 heavy (non-hydrogen) atoms. The van der Waals surface area contributed by atoms with Gasteiger partial charge < -0.3 is 20.1 Å². The van der Waals surface area contributed by atoms with Gasteiger partial charge in [-0.1, -0.05) is 12.1 Å². The second-order valence-electron chi connectivity index (χ2n) is 6.84. The zero-order valence-electron chi connectivity index (χ0n) is 14.5. The minimum absolute atomic E-state index is 0.00816. The molecule has 2 aliphatic rings. The zero-order valence-corrected chi connectivity index (χ0v) is 14.5. The van der Waals surface area contributed by atoms with E-state index in [4.69, 9.17) is 0 Å². The molecular formula is C19H22N4O3. The smallest absolute Gasteiger partial charge is 0.271 e. The van der Waals surface area contributed by atoms with Crippen molar-refractivity contribution in [2.45, 2.75) is 18.9 Å². The second-order valence-corrected chi connectivity index (χ2v) is 6.84. The summed E-state index contributed by atoms with van der Waals surface area (Å²) in [5.41, 5.74) is 0.663. The molecule has 2 N–H and O–H groups in total. The number of hydrogen-bond acceptors (Lipinski definition) is 4. The molecule has 2 saturated heterocycles. The molecular weight excluding hydrogens is 332 g/mol. The van der Waals surface area contributed by atoms with Crippen LogP contribution in [0.2, 0.25) is 0 Å². The molecule has 4 rings (SSSR count). The number of fused-ring (bicyclic) bond motifs is 1. The van der Waals surface area contributed by atoms with Gasteiger partial charge in [-0.15, -0.1) is 0 Å². The van der Waals surface area contributed by atoms with E-state index in [2.05, 4.69) is 10.3 Å². The van der Waals surface area contributed by atoms with Crippen LogP contribution >= 0.6 is 0 Å². The Labute approximate surface area is 151 Å². The Morgan fingerprint density at radius 3 is 2.65 bits per heavy atom. The van der Waals surface area contributed by atoms with Crippen LogP contribution < -0.4 is 10.7 Å². The van der Waals surface area contributed by atoms with E-state index in [1.54, 1.807) is 23.1 Å². The molecule has 1 aromatic carbocycles. The van der Waals surface area contributed by atoms with Gasteiger partial charge in [0, 0.05) is 49.7 Å². The van der Waals surface area contributed by atoms with Crippen molar-refractivity contribution in [1.29, 1.82) is 0 Å². The quantitative estimate of drug-likeness (QED) is 0.825. The van der Waals surface area contributed by atoms with Crippen molar-refractivity contribution in [2.75, 3.05) is 32.7 Å². The average molecular weight is 354 g/mol. The van der Waals surface area contributed by atoms with E-state index in [9.17, 15) is 14.4 Å². The molecule has 0 bridgehead atoms. The normalized spacial score (nSPS) is 20.5.